The van der Waals surface area contributed by atoms with Gasteiger partial charge >= 0.3 is 0 Å². The molecule has 1 aromatic rings. The summed E-state index contributed by atoms with van der Waals surface area (Å²) in [6.07, 6.45) is 0. The number of benzene rings is 1. The molecule has 21 heavy (non-hydrogen) atoms. The maximum atomic E-state index is 5.76. The molecular formula is C16H26N2O3. The fraction of sp³-hybridized carbons (Fsp3) is 0.625. The van der Waals surface area contributed by atoms with E-state index in [2.05, 4.69) is 35.3 Å². The second kappa shape index (κ2) is 8.87. The normalized spacial score (nSPS) is 15.2. The van der Waals surface area contributed by atoms with Crippen molar-refractivity contribution in [1.29, 1.82) is 0 Å². The van der Waals surface area contributed by atoms with Gasteiger partial charge in [-0.2, -0.15) is 0 Å². The molecule has 2 rings (SSSR count). The zero-order valence-electron chi connectivity index (χ0n) is 13.1. The van der Waals surface area contributed by atoms with Crippen LogP contribution in [0.3, 0.4) is 0 Å². The van der Waals surface area contributed by atoms with Crippen molar-refractivity contribution in [2.24, 2.45) is 0 Å². The van der Waals surface area contributed by atoms with Crippen molar-refractivity contribution in [3.05, 3.63) is 23.8 Å². The molecule has 0 atom stereocenters. The maximum absolute atomic E-state index is 5.76. The largest absolute Gasteiger partial charge is 0.491 e. The molecule has 5 heteroatoms. The molecule has 0 aliphatic carbocycles. The molecule has 1 saturated heterocycles. The molecule has 0 unspecified atom stereocenters. The van der Waals surface area contributed by atoms with E-state index in [1.807, 2.05) is 0 Å². The third kappa shape index (κ3) is 5.19. The third-order valence-corrected chi connectivity index (χ3v) is 3.56. The average Bonchev–Trinajstić information content (AvgIpc) is 2.53. The lowest BCUT2D eigenvalue weighted by atomic mass is 10.1. The molecular weight excluding hydrogens is 268 g/mol. The Morgan fingerprint density at radius 1 is 1.10 bits per heavy atom. The molecule has 1 aromatic carbocycles. The van der Waals surface area contributed by atoms with Crippen LogP contribution in [0.4, 0.5) is 5.69 Å². The van der Waals surface area contributed by atoms with E-state index in [-0.39, 0.29) is 0 Å². The number of nitrogens with one attached hydrogen (secondary N) is 1. The van der Waals surface area contributed by atoms with Crippen molar-refractivity contribution in [2.75, 3.05) is 64.6 Å². The summed E-state index contributed by atoms with van der Waals surface area (Å²) < 4.78 is 16.1. The van der Waals surface area contributed by atoms with Gasteiger partial charge in [-0.15, -0.1) is 0 Å². The summed E-state index contributed by atoms with van der Waals surface area (Å²) in [6.45, 7) is 8.71. The molecule has 0 spiro atoms. The van der Waals surface area contributed by atoms with Gasteiger partial charge in [0.1, 0.15) is 12.4 Å². The van der Waals surface area contributed by atoms with Gasteiger partial charge in [0.25, 0.3) is 0 Å². The van der Waals surface area contributed by atoms with E-state index in [1.165, 1.54) is 11.3 Å². The standard InChI is InChI=1S/C16H26N2O3/c1-14-13-15(18-7-5-17-6-8-18)3-4-16(14)21-12-11-20-10-9-19-2/h3-4,13,17H,5-12H2,1-2H3. The number of anilines is 1. The molecule has 1 heterocycles. The SMILES string of the molecule is COCCOCCOc1ccc(N2CCNCC2)cc1C. The van der Waals surface area contributed by atoms with E-state index in [1.54, 1.807) is 7.11 Å². The van der Waals surface area contributed by atoms with Crippen LogP contribution < -0.4 is 15.0 Å². The molecule has 1 fully saturated rings. The summed E-state index contributed by atoms with van der Waals surface area (Å²) in [5.74, 6) is 0.934. The highest BCUT2D eigenvalue weighted by atomic mass is 16.5. The van der Waals surface area contributed by atoms with Crippen molar-refractivity contribution in [3.8, 4) is 5.75 Å². The number of nitrogens with zero attached hydrogens (tertiary/aromatic N) is 1. The smallest absolute Gasteiger partial charge is 0.122 e. The zero-order chi connectivity index (χ0) is 14.9. The second-order valence-electron chi connectivity index (χ2n) is 5.14. The van der Waals surface area contributed by atoms with Crippen LogP contribution in [0.15, 0.2) is 18.2 Å². The van der Waals surface area contributed by atoms with E-state index < -0.39 is 0 Å². The first-order valence-electron chi connectivity index (χ1n) is 7.57. The van der Waals surface area contributed by atoms with Gasteiger partial charge in [-0.05, 0) is 30.7 Å². The van der Waals surface area contributed by atoms with Crippen LogP contribution in [0.5, 0.6) is 5.75 Å². The monoisotopic (exact) mass is 294 g/mol. The van der Waals surface area contributed by atoms with Gasteiger partial charge in [0, 0.05) is 39.0 Å². The number of piperazine rings is 1. The van der Waals surface area contributed by atoms with Crippen molar-refractivity contribution in [1.82, 2.24) is 5.32 Å². The number of aryl methyl sites for hydroxylation is 1. The van der Waals surface area contributed by atoms with Gasteiger partial charge in [-0.25, -0.2) is 0 Å². The third-order valence-electron chi connectivity index (χ3n) is 3.56. The Bertz CT molecular complexity index is 420. The summed E-state index contributed by atoms with van der Waals surface area (Å²) in [7, 11) is 1.67. The van der Waals surface area contributed by atoms with Crippen molar-refractivity contribution in [2.45, 2.75) is 6.92 Å². The minimum Gasteiger partial charge on any atom is -0.491 e. The average molecular weight is 294 g/mol. The predicted octanol–water partition coefficient (Wildman–Crippen LogP) is 1.45. The Kier molecular flexibility index (Phi) is 6.79. The number of ether oxygens (including phenoxy) is 3. The summed E-state index contributed by atoms with van der Waals surface area (Å²) in [4.78, 5) is 2.40. The van der Waals surface area contributed by atoms with E-state index in [0.29, 0.717) is 26.4 Å². The Hall–Kier alpha value is -1.30. The zero-order valence-corrected chi connectivity index (χ0v) is 13.1. The summed E-state index contributed by atoms with van der Waals surface area (Å²) >= 11 is 0. The van der Waals surface area contributed by atoms with E-state index in [9.17, 15) is 0 Å². The molecule has 0 radical (unpaired) electrons. The van der Waals surface area contributed by atoms with Crippen LogP contribution in [0, 0.1) is 6.92 Å². The van der Waals surface area contributed by atoms with Crippen LogP contribution in [0.2, 0.25) is 0 Å². The Balaban J connectivity index is 1.78. The number of hydrogen-bond acceptors (Lipinski definition) is 5. The molecule has 0 bridgehead atoms. The highest BCUT2D eigenvalue weighted by Crippen LogP contribution is 2.24. The first kappa shape index (κ1) is 16.1. The first-order chi connectivity index (χ1) is 10.3. The van der Waals surface area contributed by atoms with Crippen LogP contribution in [-0.2, 0) is 9.47 Å². The fourth-order valence-corrected chi connectivity index (χ4v) is 2.37. The van der Waals surface area contributed by atoms with E-state index in [4.69, 9.17) is 14.2 Å². The lowest BCUT2D eigenvalue weighted by molar-refractivity contribution is 0.0543. The quantitative estimate of drug-likeness (QED) is 0.735. The fourth-order valence-electron chi connectivity index (χ4n) is 2.37. The lowest BCUT2D eigenvalue weighted by Crippen LogP contribution is -2.43. The first-order valence-corrected chi connectivity index (χ1v) is 7.57. The second-order valence-corrected chi connectivity index (χ2v) is 5.14. The summed E-state index contributed by atoms with van der Waals surface area (Å²) in [6, 6.07) is 6.40. The molecule has 5 nitrogen and oxygen atoms in total. The predicted molar refractivity (Wildman–Crippen MR) is 84.5 cm³/mol. The molecule has 1 aliphatic heterocycles. The summed E-state index contributed by atoms with van der Waals surface area (Å²) in [5.41, 5.74) is 2.45. The summed E-state index contributed by atoms with van der Waals surface area (Å²) in [5, 5.41) is 3.37. The highest BCUT2D eigenvalue weighted by molar-refractivity contribution is 5.53. The molecule has 118 valence electrons. The van der Waals surface area contributed by atoms with Crippen LogP contribution in [-0.4, -0.2) is 59.7 Å². The van der Waals surface area contributed by atoms with E-state index >= 15 is 0 Å². The molecule has 0 aromatic heterocycles. The van der Waals surface area contributed by atoms with Gasteiger partial charge in [-0.3, -0.25) is 0 Å². The minimum absolute atomic E-state index is 0.567. The van der Waals surface area contributed by atoms with Gasteiger partial charge in [0.15, 0.2) is 0 Å². The van der Waals surface area contributed by atoms with Gasteiger partial charge in [0.2, 0.25) is 0 Å². The van der Waals surface area contributed by atoms with Gasteiger partial charge < -0.3 is 24.4 Å². The highest BCUT2D eigenvalue weighted by Gasteiger charge is 2.11. The van der Waals surface area contributed by atoms with Crippen LogP contribution >= 0.6 is 0 Å². The Morgan fingerprint density at radius 2 is 1.86 bits per heavy atom. The number of hydrogen-bond donors (Lipinski definition) is 1. The topological polar surface area (TPSA) is 43.0 Å². The van der Waals surface area contributed by atoms with Crippen LogP contribution in [0.25, 0.3) is 0 Å². The van der Waals surface area contributed by atoms with E-state index in [0.717, 1.165) is 31.9 Å². The van der Waals surface area contributed by atoms with Gasteiger partial charge in [-0.1, -0.05) is 0 Å². The number of rotatable bonds is 8. The van der Waals surface area contributed by atoms with Gasteiger partial charge in [0.05, 0.1) is 19.8 Å². The maximum Gasteiger partial charge on any atom is 0.122 e. The lowest BCUT2D eigenvalue weighted by Gasteiger charge is -2.29. The minimum atomic E-state index is 0.567. The number of methoxy groups -OCH3 is 1. The van der Waals surface area contributed by atoms with Crippen molar-refractivity contribution < 1.29 is 14.2 Å². The van der Waals surface area contributed by atoms with Crippen LogP contribution in [0.1, 0.15) is 5.56 Å². The Labute approximate surface area is 127 Å². The molecule has 0 amide bonds. The van der Waals surface area contributed by atoms with Crippen molar-refractivity contribution in [3.63, 3.8) is 0 Å². The Morgan fingerprint density at radius 3 is 2.57 bits per heavy atom. The van der Waals surface area contributed by atoms with Crippen molar-refractivity contribution >= 4 is 5.69 Å². The molecule has 1 aliphatic rings. The molecule has 0 saturated carbocycles. The molecule has 1 N–H and O–H groups in total.